The van der Waals surface area contributed by atoms with Gasteiger partial charge in [-0.25, -0.2) is 4.98 Å². The predicted molar refractivity (Wildman–Crippen MR) is 99.9 cm³/mol. The van der Waals surface area contributed by atoms with Crippen LogP contribution < -0.4 is 11.3 Å². The fraction of sp³-hybridized carbons (Fsp3) is 0.556. The summed E-state index contributed by atoms with van der Waals surface area (Å²) in [5, 5.41) is 10.7. The molecule has 0 bridgehead atoms. The molecule has 0 amide bonds. The number of aromatic amines is 1. The third-order valence-electron chi connectivity index (χ3n) is 5.33. The van der Waals surface area contributed by atoms with Gasteiger partial charge in [-0.1, -0.05) is 26.3 Å². The van der Waals surface area contributed by atoms with Gasteiger partial charge in [0.15, 0.2) is 11.2 Å². The van der Waals surface area contributed by atoms with Gasteiger partial charge < -0.3 is 20.1 Å². The average Bonchev–Trinajstić information content (AvgIpc) is 3.17. The molecular formula is C18H25N5O4. The number of aliphatic hydroxyl groups is 1. The highest BCUT2D eigenvalue weighted by molar-refractivity contribution is 5.74. The van der Waals surface area contributed by atoms with Crippen LogP contribution in [0.5, 0.6) is 0 Å². The molecular weight excluding hydrogens is 350 g/mol. The van der Waals surface area contributed by atoms with Crippen molar-refractivity contribution in [1.29, 1.82) is 0 Å². The van der Waals surface area contributed by atoms with Crippen LogP contribution in [0.25, 0.3) is 11.2 Å². The van der Waals surface area contributed by atoms with Crippen LogP contribution in [0.4, 0.5) is 5.95 Å². The maximum Gasteiger partial charge on any atom is 0.309 e. The number of anilines is 1. The van der Waals surface area contributed by atoms with Crippen molar-refractivity contribution < 1.29 is 14.6 Å². The summed E-state index contributed by atoms with van der Waals surface area (Å²) in [4.78, 5) is 35.0. The van der Waals surface area contributed by atoms with Gasteiger partial charge in [0, 0.05) is 5.92 Å². The van der Waals surface area contributed by atoms with E-state index in [1.807, 2.05) is 6.92 Å². The lowest BCUT2D eigenvalue weighted by Crippen LogP contribution is -2.31. The summed E-state index contributed by atoms with van der Waals surface area (Å²) in [7, 11) is 1.35. The molecule has 2 aromatic rings. The molecule has 2 heterocycles. The van der Waals surface area contributed by atoms with Gasteiger partial charge in [-0.2, -0.15) is 4.98 Å². The number of ether oxygens (including phenoxy) is 1. The summed E-state index contributed by atoms with van der Waals surface area (Å²) in [5.41, 5.74) is 6.44. The molecule has 0 aromatic carbocycles. The number of imidazole rings is 1. The van der Waals surface area contributed by atoms with E-state index in [9.17, 15) is 14.7 Å². The van der Waals surface area contributed by atoms with Crippen molar-refractivity contribution in [2.75, 3.05) is 12.8 Å². The van der Waals surface area contributed by atoms with Crippen LogP contribution in [0.3, 0.4) is 0 Å². The highest BCUT2D eigenvalue weighted by Gasteiger charge is 2.45. The number of esters is 1. The van der Waals surface area contributed by atoms with Crippen molar-refractivity contribution in [3.63, 3.8) is 0 Å². The number of unbranched alkanes of at least 4 members (excludes halogenated alkanes) is 1. The zero-order valence-electron chi connectivity index (χ0n) is 15.5. The van der Waals surface area contributed by atoms with E-state index in [0.717, 1.165) is 12.8 Å². The molecule has 146 valence electrons. The molecule has 4 N–H and O–H groups in total. The van der Waals surface area contributed by atoms with Crippen LogP contribution in [-0.4, -0.2) is 43.8 Å². The summed E-state index contributed by atoms with van der Waals surface area (Å²) < 4.78 is 6.66. The normalized spacial score (nSPS) is 23.7. The highest BCUT2D eigenvalue weighted by Crippen LogP contribution is 2.45. The van der Waals surface area contributed by atoms with Gasteiger partial charge in [-0.3, -0.25) is 14.6 Å². The Balaban J connectivity index is 1.97. The number of carbonyl (C=O) groups excluding carboxylic acids is 1. The highest BCUT2D eigenvalue weighted by atomic mass is 16.5. The first-order chi connectivity index (χ1) is 12.9. The molecule has 2 aromatic heterocycles. The number of nitrogens with two attached hydrogens (primary N) is 1. The smallest absolute Gasteiger partial charge is 0.309 e. The van der Waals surface area contributed by atoms with Crippen molar-refractivity contribution in [2.24, 2.45) is 11.8 Å². The van der Waals surface area contributed by atoms with Crippen molar-refractivity contribution in [3.8, 4) is 0 Å². The first kappa shape index (κ1) is 19.1. The number of H-pyrrole nitrogens is 1. The number of aliphatic hydroxyl groups excluding tert-OH is 1. The third kappa shape index (κ3) is 3.34. The van der Waals surface area contributed by atoms with Gasteiger partial charge in [0.05, 0.1) is 31.5 Å². The summed E-state index contributed by atoms with van der Waals surface area (Å²) in [5.74, 6) is -1.24. The van der Waals surface area contributed by atoms with Crippen LogP contribution in [0.1, 0.15) is 38.6 Å². The Kier molecular flexibility index (Phi) is 5.31. The third-order valence-corrected chi connectivity index (χ3v) is 5.33. The number of nitrogen functional groups attached to an aromatic ring is 1. The number of aromatic nitrogens is 4. The first-order valence-electron chi connectivity index (χ1n) is 9.05. The molecule has 1 aliphatic rings. The Morgan fingerprint density at radius 3 is 3.00 bits per heavy atom. The van der Waals surface area contributed by atoms with E-state index < -0.39 is 23.5 Å². The number of hydrogen-bond acceptors (Lipinski definition) is 7. The Hall–Kier alpha value is -2.68. The van der Waals surface area contributed by atoms with Crippen molar-refractivity contribution in [2.45, 2.75) is 44.8 Å². The number of nitrogens with zero attached hydrogens (tertiary/aromatic N) is 3. The molecule has 1 saturated carbocycles. The van der Waals surface area contributed by atoms with Gasteiger partial charge in [-0.15, -0.1) is 0 Å². The van der Waals surface area contributed by atoms with Gasteiger partial charge in [-0.05, 0) is 18.4 Å². The molecule has 0 radical (unpaired) electrons. The quantitative estimate of drug-likeness (QED) is 0.509. The summed E-state index contributed by atoms with van der Waals surface area (Å²) in [6.45, 7) is 6.20. The average molecular weight is 375 g/mol. The Morgan fingerprint density at radius 2 is 2.33 bits per heavy atom. The second kappa shape index (κ2) is 7.51. The second-order valence-electron chi connectivity index (χ2n) is 6.97. The lowest BCUT2D eigenvalue weighted by atomic mass is 9.83. The monoisotopic (exact) mass is 375 g/mol. The molecule has 0 spiro atoms. The molecule has 1 fully saturated rings. The summed E-state index contributed by atoms with van der Waals surface area (Å²) in [6.07, 6.45) is 3.50. The maximum absolute atomic E-state index is 12.3. The van der Waals surface area contributed by atoms with Crippen molar-refractivity contribution in [3.05, 3.63) is 28.8 Å². The van der Waals surface area contributed by atoms with E-state index in [1.54, 1.807) is 4.57 Å². The zero-order chi connectivity index (χ0) is 19.7. The molecule has 1 unspecified atom stereocenters. The molecule has 0 aliphatic heterocycles. The number of fused-ring (bicyclic) bond motifs is 1. The minimum absolute atomic E-state index is 0.00894. The zero-order valence-corrected chi connectivity index (χ0v) is 15.5. The molecule has 4 atom stereocenters. The Bertz CT molecular complexity index is 918. The van der Waals surface area contributed by atoms with E-state index >= 15 is 0 Å². The van der Waals surface area contributed by atoms with E-state index in [1.165, 1.54) is 13.4 Å². The van der Waals surface area contributed by atoms with Crippen LogP contribution in [0, 0.1) is 11.8 Å². The van der Waals surface area contributed by atoms with Crippen molar-refractivity contribution >= 4 is 23.1 Å². The van der Waals surface area contributed by atoms with Gasteiger partial charge in [0.1, 0.15) is 0 Å². The van der Waals surface area contributed by atoms with Crippen LogP contribution in [-0.2, 0) is 9.53 Å². The molecule has 27 heavy (non-hydrogen) atoms. The number of hydrogen-bond donors (Lipinski definition) is 3. The van der Waals surface area contributed by atoms with Gasteiger partial charge in [0.25, 0.3) is 5.56 Å². The molecule has 9 heteroatoms. The van der Waals surface area contributed by atoms with Crippen LogP contribution in [0.15, 0.2) is 23.3 Å². The Labute approximate surface area is 156 Å². The largest absolute Gasteiger partial charge is 0.469 e. The van der Waals surface area contributed by atoms with E-state index in [2.05, 4.69) is 21.5 Å². The fourth-order valence-corrected chi connectivity index (χ4v) is 4.01. The number of rotatable bonds is 6. The van der Waals surface area contributed by atoms with Gasteiger partial charge in [0.2, 0.25) is 5.95 Å². The van der Waals surface area contributed by atoms with E-state index in [4.69, 9.17) is 10.5 Å². The van der Waals surface area contributed by atoms with E-state index in [-0.39, 0.29) is 23.5 Å². The maximum atomic E-state index is 12.3. The lowest BCUT2D eigenvalue weighted by Gasteiger charge is -2.25. The summed E-state index contributed by atoms with van der Waals surface area (Å²) >= 11 is 0. The number of carbonyl (C=O) groups is 1. The van der Waals surface area contributed by atoms with Crippen LogP contribution in [0.2, 0.25) is 0 Å². The second-order valence-corrected chi connectivity index (χ2v) is 6.97. The molecule has 3 rings (SSSR count). The number of methoxy groups -OCH3 is 1. The predicted octanol–water partition coefficient (Wildman–Crippen LogP) is 1.16. The summed E-state index contributed by atoms with van der Waals surface area (Å²) in [6, 6.07) is -0.336. The molecule has 9 nitrogen and oxygen atoms in total. The standard InChI is InChI=1S/C18H25N5O4/c1-4-5-6-10(17(26)27-3)13-9(2)11(7-12(13)24)23-8-20-14-15(23)21-18(19)22-16(14)25/h8,10-13,24H,2,4-7H2,1,3H3,(H3,19,21,22,25)/t10?,11-,12-,13-/m0/s1. The van der Waals surface area contributed by atoms with Crippen LogP contribution >= 0.6 is 0 Å². The number of nitrogens with one attached hydrogen (secondary N) is 1. The van der Waals surface area contributed by atoms with Gasteiger partial charge >= 0.3 is 5.97 Å². The topological polar surface area (TPSA) is 136 Å². The molecule has 1 aliphatic carbocycles. The van der Waals surface area contributed by atoms with Crippen molar-refractivity contribution in [1.82, 2.24) is 19.5 Å². The fourth-order valence-electron chi connectivity index (χ4n) is 4.01. The SMILES string of the molecule is C=C1[C@@H](C(CCCC)C(=O)OC)[C@@H](O)C[C@@H]1n1cnc2c(=O)[nH]c(N)nc21. The first-order valence-corrected chi connectivity index (χ1v) is 9.05. The lowest BCUT2D eigenvalue weighted by molar-refractivity contribution is -0.148. The van der Waals surface area contributed by atoms with E-state index in [0.29, 0.717) is 24.1 Å². The minimum Gasteiger partial charge on any atom is -0.469 e. The minimum atomic E-state index is -0.750. The Morgan fingerprint density at radius 1 is 1.59 bits per heavy atom. The molecule has 0 saturated heterocycles.